The van der Waals surface area contributed by atoms with Gasteiger partial charge >= 0.3 is 0 Å². The maximum atomic E-state index is 14.4. The van der Waals surface area contributed by atoms with E-state index in [-0.39, 0.29) is 0 Å². The van der Waals surface area contributed by atoms with Crippen LogP contribution in [-0.2, 0) is 0 Å². The summed E-state index contributed by atoms with van der Waals surface area (Å²) in [5, 5.41) is 1.78. The molecular weight excluding hydrogens is 805 g/mol. The molecule has 0 saturated heterocycles. The number of para-hydroxylation sites is 2. The molecule has 0 fully saturated rings. The first kappa shape index (κ1) is 38.6. The molecule has 0 amide bonds. The fraction of sp³-hybridized carbons (Fsp3) is 0. The molecule has 3 aromatic heterocycles. The van der Waals surface area contributed by atoms with Crippen LogP contribution in [0.25, 0.3) is 65.5 Å². The van der Waals surface area contributed by atoms with Crippen molar-refractivity contribution in [3.05, 3.63) is 231 Å². The molecule has 1 unspecified atom stereocenters. The maximum Gasteiger partial charge on any atom is 0.238 e. The number of anilines is 6. The second-order valence-corrected chi connectivity index (χ2v) is 16.7. The van der Waals surface area contributed by atoms with Crippen molar-refractivity contribution >= 4 is 65.3 Å². The van der Waals surface area contributed by atoms with Gasteiger partial charge in [-0.05, 0) is 71.4 Å². The van der Waals surface area contributed by atoms with Crippen LogP contribution in [0.1, 0.15) is 0 Å². The molecular formula is C56H38N6OS. The van der Waals surface area contributed by atoms with Crippen molar-refractivity contribution in [3.63, 3.8) is 0 Å². The van der Waals surface area contributed by atoms with Crippen LogP contribution in [0.15, 0.2) is 231 Å². The lowest BCUT2D eigenvalue weighted by Crippen LogP contribution is -2.16. The van der Waals surface area contributed by atoms with E-state index in [1.165, 1.54) is 0 Å². The SMILES string of the molecule is [O-][s+]1c2ccc(N(c3ccccc3)c3ccccc3)cc2c2cc(N(c3cc(-c4ccccc4)nc(-c4ccccc4)c3)c3nc(-c4ccccc4)nc(-c4ccccc4)n3)ccc21. The summed E-state index contributed by atoms with van der Waals surface area (Å²) in [6.45, 7) is 0. The van der Waals surface area contributed by atoms with Crippen LogP contribution in [0, 0.1) is 0 Å². The highest BCUT2D eigenvalue weighted by Gasteiger charge is 2.25. The Labute approximate surface area is 373 Å². The fourth-order valence-electron chi connectivity index (χ4n) is 8.21. The molecule has 0 aliphatic rings. The monoisotopic (exact) mass is 842 g/mol. The molecule has 304 valence electrons. The van der Waals surface area contributed by atoms with E-state index in [2.05, 4.69) is 88.7 Å². The second kappa shape index (κ2) is 16.9. The largest absolute Gasteiger partial charge is 0.590 e. The van der Waals surface area contributed by atoms with Crippen LogP contribution < -0.4 is 9.80 Å². The smallest absolute Gasteiger partial charge is 0.238 e. The molecule has 8 heteroatoms. The molecule has 8 aromatic carbocycles. The van der Waals surface area contributed by atoms with Crippen LogP contribution in [0.5, 0.6) is 0 Å². The highest BCUT2D eigenvalue weighted by molar-refractivity contribution is 7.37. The first-order valence-electron chi connectivity index (χ1n) is 21.1. The Balaban J connectivity index is 1.17. The minimum absolute atomic E-state index is 0.421. The lowest BCUT2D eigenvalue weighted by Gasteiger charge is -2.25. The Morgan fingerprint density at radius 2 is 0.688 bits per heavy atom. The minimum Gasteiger partial charge on any atom is -0.590 e. The Morgan fingerprint density at radius 3 is 1.11 bits per heavy atom. The summed E-state index contributed by atoms with van der Waals surface area (Å²) in [7, 11) is -1.40. The number of hydrogen-bond donors (Lipinski definition) is 0. The zero-order valence-corrected chi connectivity index (χ0v) is 35.3. The summed E-state index contributed by atoms with van der Waals surface area (Å²) < 4.78 is 15.9. The molecule has 0 saturated carbocycles. The normalized spacial score (nSPS) is 11.5. The number of nitrogens with zero attached hydrogens (tertiary/aromatic N) is 6. The standard InChI is InChI=1S/C56H38N6OS/c63-64-52-33-31-45(61(43-27-15-5-16-28-43)44-29-17-6-18-30-44)35-48(52)49-36-46(32-34-53(49)64)62(47-37-50(39-19-7-1-8-20-39)57-51(38-47)40-21-9-2-10-22-40)56-59-54(41-23-11-3-12-24-41)58-55(60-56)42-25-13-4-14-26-42/h1-38H. The zero-order valence-electron chi connectivity index (χ0n) is 34.4. The molecule has 0 aliphatic heterocycles. The van der Waals surface area contributed by atoms with Crippen LogP contribution in [0.4, 0.5) is 34.4 Å². The molecule has 7 nitrogen and oxygen atoms in total. The predicted octanol–water partition coefficient (Wildman–Crippen LogP) is 14.9. The van der Waals surface area contributed by atoms with E-state index in [1.807, 2.05) is 152 Å². The number of benzene rings is 8. The van der Waals surface area contributed by atoms with Crippen molar-refractivity contribution in [3.8, 4) is 45.3 Å². The first-order chi connectivity index (χ1) is 31.6. The molecule has 0 N–H and O–H groups in total. The molecule has 64 heavy (non-hydrogen) atoms. The van der Waals surface area contributed by atoms with Crippen LogP contribution in [0.2, 0.25) is 0 Å². The van der Waals surface area contributed by atoms with E-state index in [4.69, 9.17) is 19.9 Å². The van der Waals surface area contributed by atoms with Crippen LogP contribution in [-0.4, -0.2) is 24.5 Å². The molecule has 11 rings (SSSR count). The Morgan fingerprint density at radius 1 is 0.312 bits per heavy atom. The third kappa shape index (κ3) is 7.43. The lowest BCUT2D eigenvalue weighted by molar-refractivity contribution is 0.602. The van der Waals surface area contributed by atoms with Gasteiger partial charge in [-0.1, -0.05) is 158 Å². The number of pyridine rings is 1. The predicted molar refractivity (Wildman–Crippen MR) is 262 cm³/mol. The molecule has 0 radical (unpaired) electrons. The number of rotatable bonds is 10. The summed E-state index contributed by atoms with van der Waals surface area (Å²) in [6, 6.07) is 77.5. The van der Waals surface area contributed by atoms with E-state index in [0.717, 1.165) is 82.3 Å². The van der Waals surface area contributed by atoms with Crippen LogP contribution >= 0.6 is 10.8 Å². The Hall–Kier alpha value is -8.30. The van der Waals surface area contributed by atoms with Gasteiger partial charge in [-0.2, -0.15) is 9.97 Å². The van der Waals surface area contributed by atoms with Crippen molar-refractivity contribution in [1.29, 1.82) is 0 Å². The van der Waals surface area contributed by atoms with Crippen molar-refractivity contribution < 1.29 is 4.55 Å². The number of fused-ring (bicyclic) bond motifs is 3. The van der Waals surface area contributed by atoms with Crippen molar-refractivity contribution in [2.45, 2.75) is 0 Å². The van der Waals surface area contributed by atoms with Crippen LogP contribution in [0.3, 0.4) is 0 Å². The summed E-state index contributed by atoms with van der Waals surface area (Å²) in [4.78, 5) is 25.1. The molecule has 1 atom stereocenters. The van der Waals surface area contributed by atoms with Gasteiger partial charge in [0.2, 0.25) is 5.95 Å². The summed E-state index contributed by atoms with van der Waals surface area (Å²) in [5.41, 5.74) is 9.83. The highest BCUT2D eigenvalue weighted by atomic mass is 32.2. The first-order valence-corrected chi connectivity index (χ1v) is 22.2. The van der Waals surface area contributed by atoms with Gasteiger partial charge in [0.25, 0.3) is 0 Å². The molecule has 0 aliphatic carbocycles. The Kier molecular flexibility index (Phi) is 10.2. The maximum absolute atomic E-state index is 14.4. The Bertz CT molecular complexity index is 3110. The molecule has 0 spiro atoms. The number of thiophene rings is 1. The highest BCUT2D eigenvalue weighted by Crippen LogP contribution is 2.47. The van der Waals surface area contributed by atoms with E-state index in [1.54, 1.807) is 0 Å². The second-order valence-electron chi connectivity index (χ2n) is 15.3. The quantitative estimate of drug-likeness (QED) is 0.127. The molecule has 3 heterocycles. The lowest BCUT2D eigenvalue weighted by atomic mass is 10.1. The van der Waals surface area contributed by atoms with Gasteiger partial charge < -0.3 is 9.45 Å². The van der Waals surface area contributed by atoms with E-state index >= 15 is 0 Å². The van der Waals surface area contributed by atoms with Gasteiger partial charge in [-0.15, -0.1) is 0 Å². The average molecular weight is 843 g/mol. The number of hydrogen-bond acceptors (Lipinski definition) is 7. The van der Waals surface area contributed by atoms with Gasteiger partial charge in [-0.25, -0.2) is 9.97 Å². The van der Waals surface area contributed by atoms with Gasteiger partial charge in [0, 0.05) is 62.2 Å². The zero-order chi connectivity index (χ0) is 42.8. The topological polar surface area (TPSA) is 81.1 Å². The van der Waals surface area contributed by atoms with E-state index in [9.17, 15) is 4.55 Å². The minimum atomic E-state index is -1.40. The van der Waals surface area contributed by atoms with Gasteiger partial charge in [0.15, 0.2) is 21.0 Å². The van der Waals surface area contributed by atoms with Crippen molar-refractivity contribution in [1.82, 2.24) is 19.9 Å². The summed E-state index contributed by atoms with van der Waals surface area (Å²) in [6.07, 6.45) is 0. The average Bonchev–Trinajstić information content (AvgIpc) is 3.65. The van der Waals surface area contributed by atoms with E-state index < -0.39 is 10.8 Å². The fourth-order valence-corrected chi connectivity index (χ4v) is 9.57. The van der Waals surface area contributed by atoms with Gasteiger partial charge in [-0.3, -0.25) is 4.90 Å². The summed E-state index contributed by atoms with van der Waals surface area (Å²) in [5.74, 6) is 1.49. The van der Waals surface area contributed by atoms with E-state index in [0.29, 0.717) is 17.6 Å². The molecule has 11 aromatic rings. The van der Waals surface area contributed by atoms with Gasteiger partial charge in [0.05, 0.1) is 22.8 Å². The summed E-state index contributed by atoms with van der Waals surface area (Å²) >= 11 is 0. The molecule has 0 bridgehead atoms. The third-order valence-corrected chi connectivity index (χ3v) is 12.8. The van der Waals surface area contributed by atoms with Crippen molar-refractivity contribution in [2.24, 2.45) is 0 Å². The third-order valence-electron chi connectivity index (χ3n) is 11.3. The number of aromatic nitrogens is 4. The van der Waals surface area contributed by atoms with Gasteiger partial charge in [0.1, 0.15) is 0 Å². The van der Waals surface area contributed by atoms with Crippen molar-refractivity contribution in [2.75, 3.05) is 9.80 Å².